The first-order valence-corrected chi connectivity index (χ1v) is 18.4. The summed E-state index contributed by atoms with van der Waals surface area (Å²) >= 11 is 6.17. The highest BCUT2D eigenvalue weighted by atomic mass is 35.5. The number of aliphatic hydroxyl groups excluding tert-OH is 1. The molecule has 0 aliphatic carbocycles. The number of carbonyl (C=O) groups excluding carboxylic acids is 2. The van der Waals surface area contributed by atoms with E-state index < -0.39 is 62.5 Å². The summed E-state index contributed by atoms with van der Waals surface area (Å²) in [7, 11) is -3.87. The Morgan fingerprint density at radius 2 is 1.54 bits per heavy atom. The van der Waals surface area contributed by atoms with Crippen LogP contribution in [0.15, 0.2) is 66.7 Å². The number of hydrogen-bond acceptors (Lipinski definition) is 7. The van der Waals surface area contributed by atoms with Gasteiger partial charge in [0.15, 0.2) is 9.84 Å². The third-order valence-electron chi connectivity index (χ3n) is 8.21. The van der Waals surface area contributed by atoms with Crippen LogP contribution in [0.2, 0.25) is 5.02 Å². The lowest BCUT2D eigenvalue weighted by molar-refractivity contribution is -0.133. The molecule has 262 valence electrons. The molecular weight excluding hydrogens is 660 g/mol. The first-order valence-electron chi connectivity index (χ1n) is 16.3. The van der Waals surface area contributed by atoms with Gasteiger partial charge in [0, 0.05) is 29.7 Å². The van der Waals surface area contributed by atoms with E-state index >= 15 is 0 Å². The van der Waals surface area contributed by atoms with Crippen LogP contribution >= 0.6 is 11.6 Å². The molecule has 0 saturated carbocycles. The second-order valence-corrected chi connectivity index (χ2v) is 14.8. The number of nitrogens with two attached hydrogens (primary N) is 1. The minimum Gasteiger partial charge on any atom is -0.390 e. The highest BCUT2D eigenvalue weighted by Gasteiger charge is 2.40. The summed E-state index contributed by atoms with van der Waals surface area (Å²) in [5.41, 5.74) is 8.40. The highest BCUT2D eigenvalue weighted by molar-refractivity contribution is 7.92. The molecule has 0 aliphatic heterocycles. The maximum Gasteiger partial charge on any atom is 0.260 e. The van der Waals surface area contributed by atoms with E-state index in [1.54, 1.807) is 0 Å². The molecule has 0 fully saturated rings. The number of nitrogens with zero attached hydrogens (tertiary/aromatic N) is 1. The average Bonchev–Trinajstić information content (AvgIpc) is 3.03. The number of benzene rings is 3. The molecule has 12 heteroatoms. The Morgan fingerprint density at radius 3 is 2.15 bits per heavy atom. The number of nitrogens with one attached hydrogen (secondary N) is 1. The van der Waals surface area contributed by atoms with Crippen LogP contribution in [-0.4, -0.2) is 66.0 Å². The van der Waals surface area contributed by atoms with Gasteiger partial charge in [-0.3, -0.25) is 14.5 Å². The van der Waals surface area contributed by atoms with E-state index in [2.05, 4.69) is 5.32 Å². The van der Waals surface area contributed by atoms with Crippen molar-refractivity contribution in [2.24, 2.45) is 5.73 Å². The number of halogens is 3. The van der Waals surface area contributed by atoms with Crippen LogP contribution in [0.1, 0.15) is 73.5 Å². The molecule has 0 spiro atoms. The van der Waals surface area contributed by atoms with Crippen molar-refractivity contribution in [2.75, 3.05) is 12.3 Å². The zero-order valence-corrected chi connectivity index (χ0v) is 29.2. The smallest absolute Gasteiger partial charge is 0.260 e. The van der Waals surface area contributed by atoms with Crippen LogP contribution in [-0.2, 0) is 34.0 Å². The molecule has 3 aromatic carbocycles. The Bertz CT molecular complexity index is 1620. The predicted octanol–water partition coefficient (Wildman–Crippen LogP) is 5.62. The van der Waals surface area contributed by atoms with Gasteiger partial charge >= 0.3 is 0 Å². The molecule has 8 nitrogen and oxygen atoms in total. The van der Waals surface area contributed by atoms with E-state index in [1.165, 1.54) is 24.3 Å². The summed E-state index contributed by atoms with van der Waals surface area (Å²) in [5, 5.41) is 14.2. The molecule has 3 atom stereocenters. The fraction of sp³-hybridized carbons (Fsp3) is 0.444. The topological polar surface area (TPSA) is 130 Å². The van der Waals surface area contributed by atoms with Gasteiger partial charge in [0.25, 0.3) is 5.91 Å². The minimum atomic E-state index is -3.87. The highest BCUT2D eigenvalue weighted by Crippen LogP contribution is 2.23. The Kier molecular flexibility index (Phi) is 15.1. The van der Waals surface area contributed by atoms with Crippen molar-refractivity contribution in [3.63, 3.8) is 0 Å². The van der Waals surface area contributed by atoms with E-state index in [0.717, 1.165) is 34.6 Å². The van der Waals surface area contributed by atoms with Crippen LogP contribution in [0.25, 0.3) is 0 Å². The summed E-state index contributed by atoms with van der Waals surface area (Å²) in [5.74, 6) is -4.43. The SMILES string of the molecule is CCCC(CCC)S(=O)(=O)CC(N)C(=O)N(C(=O)c1cccc(Cl)c1)[C@@H](Cc1cc(F)cc(F)c1)[C@H](O)CNCc1cccc(CC)c1. The van der Waals surface area contributed by atoms with Gasteiger partial charge in [-0.05, 0) is 72.7 Å². The lowest BCUT2D eigenvalue weighted by Gasteiger charge is -2.35. The molecule has 0 saturated heterocycles. The predicted molar refractivity (Wildman–Crippen MR) is 185 cm³/mol. The summed E-state index contributed by atoms with van der Waals surface area (Å²) in [6, 6.07) is 13.3. The third kappa shape index (κ3) is 11.2. The summed E-state index contributed by atoms with van der Waals surface area (Å²) in [4.78, 5) is 29.1. The van der Waals surface area contributed by atoms with Crippen LogP contribution in [0.5, 0.6) is 0 Å². The first-order chi connectivity index (χ1) is 22.8. The van der Waals surface area contributed by atoms with E-state index in [-0.39, 0.29) is 29.1 Å². The normalized spacial score (nSPS) is 13.7. The van der Waals surface area contributed by atoms with E-state index in [4.69, 9.17) is 17.3 Å². The molecule has 3 aromatic rings. The molecule has 48 heavy (non-hydrogen) atoms. The lowest BCUT2D eigenvalue weighted by Crippen LogP contribution is -2.59. The number of amides is 2. The van der Waals surface area contributed by atoms with Crippen molar-refractivity contribution in [1.82, 2.24) is 10.2 Å². The van der Waals surface area contributed by atoms with E-state index in [9.17, 15) is 31.9 Å². The first kappa shape index (κ1) is 39.2. The van der Waals surface area contributed by atoms with Gasteiger partial charge in [-0.15, -0.1) is 0 Å². The molecule has 3 rings (SSSR count). The molecule has 2 amide bonds. The fourth-order valence-corrected chi connectivity index (χ4v) is 8.08. The van der Waals surface area contributed by atoms with Crippen LogP contribution in [0, 0.1) is 11.6 Å². The van der Waals surface area contributed by atoms with Crippen molar-refractivity contribution in [3.05, 3.63) is 106 Å². The second kappa shape index (κ2) is 18.5. The van der Waals surface area contributed by atoms with Crippen LogP contribution < -0.4 is 11.1 Å². The molecule has 0 radical (unpaired) electrons. The number of aryl methyl sites for hydroxylation is 1. The van der Waals surface area contributed by atoms with Gasteiger partial charge in [0.2, 0.25) is 5.91 Å². The Hall–Kier alpha value is -3.22. The number of sulfone groups is 1. The fourth-order valence-electron chi connectivity index (χ4n) is 5.79. The van der Waals surface area contributed by atoms with Crippen molar-refractivity contribution < 1.29 is 31.9 Å². The third-order valence-corrected chi connectivity index (χ3v) is 10.8. The Morgan fingerprint density at radius 1 is 0.917 bits per heavy atom. The summed E-state index contributed by atoms with van der Waals surface area (Å²) < 4.78 is 55.5. The Balaban J connectivity index is 2.04. The van der Waals surface area contributed by atoms with Crippen molar-refractivity contribution in [1.29, 1.82) is 0 Å². The number of rotatable bonds is 18. The Labute approximate surface area is 287 Å². The van der Waals surface area contributed by atoms with Gasteiger partial charge in [0.05, 0.1) is 29.2 Å². The standard InChI is InChI=1S/C36H46ClF2N3O5S/c1-4-9-31(10-5-2)48(46,47)23-32(40)36(45)42(35(44)27-13-8-14-28(37)19-27)33(18-26-16-29(38)20-30(39)17-26)34(43)22-41-21-25-12-7-11-24(6-3)15-25/h7-8,11-17,19-20,31-34,41,43H,4-6,9-10,18,21-23,40H2,1-3H3/t32?,33-,34+/m0/s1. The quantitative estimate of drug-likeness (QED) is 0.157. The minimum absolute atomic E-state index is 0.0206. The van der Waals surface area contributed by atoms with E-state index in [1.807, 2.05) is 45.0 Å². The molecule has 0 bridgehead atoms. The zero-order valence-electron chi connectivity index (χ0n) is 27.7. The van der Waals surface area contributed by atoms with E-state index in [0.29, 0.717) is 38.3 Å². The van der Waals surface area contributed by atoms with Crippen molar-refractivity contribution in [2.45, 2.75) is 89.3 Å². The maximum atomic E-state index is 14.3. The molecule has 0 heterocycles. The lowest BCUT2D eigenvalue weighted by atomic mass is 9.97. The van der Waals surface area contributed by atoms with Gasteiger partial charge < -0.3 is 16.2 Å². The van der Waals surface area contributed by atoms with Crippen LogP contribution in [0.4, 0.5) is 8.78 Å². The van der Waals surface area contributed by atoms with Gasteiger partial charge in [-0.25, -0.2) is 17.2 Å². The van der Waals surface area contributed by atoms with Gasteiger partial charge in [0.1, 0.15) is 11.6 Å². The second-order valence-electron chi connectivity index (χ2n) is 12.1. The number of aliphatic hydroxyl groups is 1. The largest absolute Gasteiger partial charge is 0.390 e. The molecular formula is C36H46ClF2N3O5S. The molecule has 0 aliphatic rings. The number of carbonyl (C=O) groups is 2. The number of imide groups is 1. The number of hydrogen-bond donors (Lipinski definition) is 3. The zero-order chi connectivity index (χ0) is 35.4. The van der Waals surface area contributed by atoms with Gasteiger partial charge in [-0.2, -0.15) is 0 Å². The maximum absolute atomic E-state index is 14.3. The van der Waals surface area contributed by atoms with Gasteiger partial charge in [-0.1, -0.05) is 75.5 Å². The summed E-state index contributed by atoms with van der Waals surface area (Å²) in [6.45, 7) is 5.97. The van der Waals surface area contributed by atoms with Crippen LogP contribution in [0.3, 0.4) is 0 Å². The van der Waals surface area contributed by atoms with Crippen molar-refractivity contribution >= 4 is 33.3 Å². The molecule has 0 aromatic heterocycles. The van der Waals surface area contributed by atoms with Crippen molar-refractivity contribution in [3.8, 4) is 0 Å². The molecule has 1 unspecified atom stereocenters. The summed E-state index contributed by atoms with van der Waals surface area (Å²) in [6.07, 6.45) is 1.02. The monoisotopic (exact) mass is 705 g/mol. The molecule has 4 N–H and O–H groups in total. The average molecular weight is 706 g/mol.